The molecule has 0 aliphatic heterocycles. The van der Waals surface area contributed by atoms with E-state index >= 15 is 0 Å². The molecule has 5 rings (SSSR count). The van der Waals surface area contributed by atoms with E-state index in [9.17, 15) is 0 Å². The van der Waals surface area contributed by atoms with Gasteiger partial charge in [0.2, 0.25) is 0 Å². The van der Waals surface area contributed by atoms with Crippen LogP contribution in [0.1, 0.15) is 44.6 Å². The van der Waals surface area contributed by atoms with E-state index < -0.39 is 0 Å². The SMILES string of the molecule is CC1(Cl)[C@@H]2CC3C[C@H]1CC(c1ccc(Br)cc1)(C3)C2. The minimum Gasteiger partial charge on any atom is -0.119 e. The van der Waals surface area contributed by atoms with Crippen molar-refractivity contribution in [2.75, 3.05) is 0 Å². The van der Waals surface area contributed by atoms with Crippen LogP contribution in [0.25, 0.3) is 0 Å². The summed E-state index contributed by atoms with van der Waals surface area (Å²) in [6.07, 6.45) is 6.75. The van der Waals surface area contributed by atoms with Crippen LogP contribution in [0.5, 0.6) is 0 Å². The van der Waals surface area contributed by atoms with Crippen LogP contribution in [0, 0.1) is 17.8 Å². The third-order valence-electron chi connectivity index (χ3n) is 6.24. The highest BCUT2D eigenvalue weighted by atomic mass is 79.9. The molecule has 0 radical (unpaired) electrons. The Morgan fingerprint density at radius 1 is 1.05 bits per heavy atom. The second kappa shape index (κ2) is 4.01. The smallest absolute Gasteiger partial charge is 0.0475 e. The summed E-state index contributed by atoms with van der Waals surface area (Å²) in [7, 11) is 0. The van der Waals surface area contributed by atoms with Gasteiger partial charge in [0.05, 0.1) is 0 Å². The third kappa shape index (κ3) is 1.77. The van der Waals surface area contributed by atoms with Gasteiger partial charge in [-0.3, -0.25) is 0 Å². The highest BCUT2D eigenvalue weighted by Crippen LogP contribution is 2.65. The Labute approximate surface area is 129 Å². The molecule has 3 unspecified atom stereocenters. The molecule has 0 heterocycles. The second-order valence-corrected chi connectivity index (χ2v) is 9.01. The molecule has 2 heteroatoms. The van der Waals surface area contributed by atoms with Crippen molar-refractivity contribution < 1.29 is 0 Å². The molecule has 0 saturated heterocycles. The van der Waals surface area contributed by atoms with Gasteiger partial charge in [-0.25, -0.2) is 0 Å². The first-order valence-corrected chi connectivity index (χ1v) is 8.62. The van der Waals surface area contributed by atoms with Gasteiger partial charge in [-0.05, 0) is 79.9 Å². The van der Waals surface area contributed by atoms with Crippen LogP contribution in [-0.4, -0.2) is 4.87 Å². The molecule has 0 N–H and O–H groups in total. The molecule has 4 saturated carbocycles. The zero-order chi connectivity index (χ0) is 13.3. The van der Waals surface area contributed by atoms with Crippen molar-refractivity contribution in [2.45, 2.75) is 49.3 Å². The van der Waals surface area contributed by atoms with Gasteiger partial charge in [0.25, 0.3) is 0 Å². The van der Waals surface area contributed by atoms with Crippen molar-refractivity contribution in [1.82, 2.24) is 0 Å². The molecule has 19 heavy (non-hydrogen) atoms. The monoisotopic (exact) mass is 338 g/mol. The van der Waals surface area contributed by atoms with E-state index in [1.165, 1.54) is 36.6 Å². The number of hydrogen-bond donors (Lipinski definition) is 0. The van der Waals surface area contributed by atoms with Crippen molar-refractivity contribution in [2.24, 2.45) is 17.8 Å². The van der Waals surface area contributed by atoms with Gasteiger partial charge in [0.1, 0.15) is 0 Å². The van der Waals surface area contributed by atoms with E-state index in [1.807, 2.05) is 0 Å². The summed E-state index contributed by atoms with van der Waals surface area (Å²) in [4.78, 5) is 0.0653. The lowest BCUT2D eigenvalue weighted by atomic mass is 9.45. The molecule has 4 aliphatic carbocycles. The summed E-state index contributed by atoms with van der Waals surface area (Å²) in [6.45, 7) is 2.30. The summed E-state index contributed by atoms with van der Waals surface area (Å²) in [5, 5.41) is 0. The molecule has 4 aliphatic rings. The summed E-state index contributed by atoms with van der Waals surface area (Å²) in [6, 6.07) is 9.08. The molecule has 0 spiro atoms. The first-order valence-electron chi connectivity index (χ1n) is 7.45. The first kappa shape index (κ1) is 12.7. The summed E-state index contributed by atoms with van der Waals surface area (Å²) < 4.78 is 1.18. The van der Waals surface area contributed by atoms with Crippen LogP contribution in [0.4, 0.5) is 0 Å². The number of hydrogen-bond acceptors (Lipinski definition) is 0. The van der Waals surface area contributed by atoms with Crippen molar-refractivity contribution in [1.29, 1.82) is 0 Å². The lowest BCUT2D eigenvalue weighted by molar-refractivity contribution is -0.0349. The molecule has 1 aromatic carbocycles. The van der Waals surface area contributed by atoms with Crippen LogP contribution in [0.2, 0.25) is 0 Å². The zero-order valence-corrected chi connectivity index (χ0v) is 13.7. The second-order valence-electron chi connectivity index (χ2n) is 7.28. The average Bonchev–Trinajstić information content (AvgIpc) is 2.36. The molecular weight excluding hydrogens is 320 g/mol. The lowest BCUT2D eigenvalue weighted by Gasteiger charge is -2.63. The Balaban J connectivity index is 1.75. The summed E-state index contributed by atoms with van der Waals surface area (Å²) in [5.41, 5.74) is 1.99. The van der Waals surface area contributed by atoms with Gasteiger partial charge >= 0.3 is 0 Å². The van der Waals surface area contributed by atoms with E-state index in [1.54, 1.807) is 5.56 Å². The van der Waals surface area contributed by atoms with Crippen LogP contribution >= 0.6 is 27.5 Å². The normalized spacial score (nSPS) is 47.6. The Morgan fingerprint density at radius 2 is 1.63 bits per heavy atom. The molecule has 0 aromatic heterocycles. The molecule has 0 nitrogen and oxygen atoms in total. The summed E-state index contributed by atoms with van der Waals surface area (Å²) >= 11 is 10.4. The predicted octanol–water partition coefficient (Wildman–Crippen LogP) is 5.52. The maximum Gasteiger partial charge on any atom is 0.0475 e. The average molecular weight is 340 g/mol. The van der Waals surface area contributed by atoms with Crippen LogP contribution in [-0.2, 0) is 5.41 Å². The standard InChI is InChI=1S/C17H20BrCl/c1-16(19)13-6-11-7-14(16)10-17(8-11,9-13)12-2-4-15(18)5-3-12/h2-5,11,13-14H,6-10H2,1H3/t11?,13-,14+,16?,17?. The highest BCUT2D eigenvalue weighted by Gasteiger charge is 2.60. The van der Waals surface area contributed by atoms with Crippen LogP contribution in [0.15, 0.2) is 28.7 Å². The van der Waals surface area contributed by atoms with Crippen molar-refractivity contribution >= 4 is 27.5 Å². The molecular formula is C17H20BrCl. The Kier molecular flexibility index (Phi) is 2.68. The maximum absolute atomic E-state index is 6.89. The Bertz CT molecular complexity index is 486. The third-order valence-corrected chi connectivity index (χ3v) is 7.39. The van der Waals surface area contributed by atoms with Crippen molar-refractivity contribution in [3.63, 3.8) is 0 Å². The van der Waals surface area contributed by atoms with E-state index in [0.29, 0.717) is 5.41 Å². The molecule has 0 amide bonds. The van der Waals surface area contributed by atoms with Gasteiger partial charge in [-0.15, -0.1) is 11.6 Å². The molecule has 5 atom stereocenters. The number of alkyl halides is 1. The fourth-order valence-electron chi connectivity index (χ4n) is 5.33. The van der Waals surface area contributed by atoms with Gasteiger partial charge < -0.3 is 0 Å². The summed E-state index contributed by atoms with van der Waals surface area (Å²) in [5.74, 6) is 2.38. The zero-order valence-electron chi connectivity index (χ0n) is 11.3. The van der Waals surface area contributed by atoms with Crippen LogP contribution in [0.3, 0.4) is 0 Å². The van der Waals surface area contributed by atoms with E-state index in [4.69, 9.17) is 11.6 Å². The molecule has 1 aromatic rings. The predicted molar refractivity (Wildman–Crippen MR) is 83.6 cm³/mol. The number of halogens is 2. The minimum atomic E-state index is 0.0653. The topological polar surface area (TPSA) is 0 Å². The number of rotatable bonds is 1. The van der Waals surface area contributed by atoms with E-state index in [-0.39, 0.29) is 4.87 Å². The molecule has 102 valence electrons. The Hall–Kier alpha value is -0.0100. The van der Waals surface area contributed by atoms with Gasteiger partial charge in [-0.2, -0.15) is 0 Å². The van der Waals surface area contributed by atoms with Gasteiger partial charge in [0, 0.05) is 9.35 Å². The quantitative estimate of drug-likeness (QED) is 0.591. The first-order chi connectivity index (χ1) is 8.99. The van der Waals surface area contributed by atoms with Crippen LogP contribution < -0.4 is 0 Å². The number of benzene rings is 1. The lowest BCUT2D eigenvalue weighted by Crippen LogP contribution is -2.58. The van der Waals surface area contributed by atoms with E-state index in [2.05, 4.69) is 47.1 Å². The molecule has 4 bridgehead atoms. The van der Waals surface area contributed by atoms with Gasteiger partial charge in [-0.1, -0.05) is 28.1 Å². The van der Waals surface area contributed by atoms with E-state index in [0.717, 1.165) is 17.8 Å². The van der Waals surface area contributed by atoms with Crippen molar-refractivity contribution in [3.8, 4) is 0 Å². The maximum atomic E-state index is 6.89. The minimum absolute atomic E-state index is 0.0653. The van der Waals surface area contributed by atoms with Gasteiger partial charge in [0.15, 0.2) is 0 Å². The van der Waals surface area contributed by atoms with Crippen molar-refractivity contribution in [3.05, 3.63) is 34.3 Å². The fourth-order valence-corrected chi connectivity index (χ4v) is 5.93. The Morgan fingerprint density at radius 3 is 2.21 bits per heavy atom. The molecule has 4 fully saturated rings. The fraction of sp³-hybridized carbons (Fsp3) is 0.647. The largest absolute Gasteiger partial charge is 0.119 e. The highest BCUT2D eigenvalue weighted by molar-refractivity contribution is 9.10.